The maximum atomic E-state index is 11.1. The maximum absolute atomic E-state index is 11.1. The van der Waals surface area contributed by atoms with Crippen LogP contribution in [-0.4, -0.2) is 31.7 Å². The summed E-state index contributed by atoms with van der Waals surface area (Å²) in [7, 11) is 0. The topological polar surface area (TPSA) is 64.3 Å². The lowest BCUT2D eigenvalue weighted by Gasteiger charge is -2.03. The van der Waals surface area contributed by atoms with Crippen LogP contribution in [0.1, 0.15) is 13.3 Å². The van der Waals surface area contributed by atoms with Crippen LogP contribution in [0.3, 0.4) is 0 Å². The van der Waals surface area contributed by atoms with Gasteiger partial charge in [0.25, 0.3) is 0 Å². The molecular formula is C8H16N2O2. The van der Waals surface area contributed by atoms with Gasteiger partial charge in [-0.15, -0.1) is 0 Å². The van der Waals surface area contributed by atoms with Gasteiger partial charge in [-0.25, -0.2) is 0 Å². The van der Waals surface area contributed by atoms with E-state index >= 15 is 0 Å². The maximum Gasteiger partial charge on any atom is 0.224 e. The van der Waals surface area contributed by atoms with Gasteiger partial charge in [-0.3, -0.25) is 4.79 Å². The Morgan fingerprint density at radius 1 is 1.75 bits per heavy atom. The molecule has 1 aliphatic carbocycles. The Kier molecular flexibility index (Phi) is 3.49. The number of nitrogens with one attached hydrogen (secondary N) is 1. The lowest BCUT2D eigenvalue weighted by atomic mass is 10.4. The number of ether oxygens (including phenoxy) is 1. The molecule has 0 aliphatic heterocycles. The predicted octanol–water partition coefficient (Wildman–Crippen LogP) is -0.514. The fraction of sp³-hybridized carbons (Fsp3) is 0.875. The highest BCUT2D eigenvalue weighted by Gasteiger charge is 2.39. The lowest BCUT2D eigenvalue weighted by molar-refractivity contribution is -0.122. The molecule has 1 rings (SSSR count). The first-order chi connectivity index (χ1) is 5.75. The van der Waals surface area contributed by atoms with Crippen molar-refractivity contribution in [2.24, 2.45) is 11.7 Å². The number of hydrogen-bond acceptors (Lipinski definition) is 3. The molecule has 2 unspecified atom stereocenters. The minimum Gasteiger partial charge on any atom is -0.380 e. The molecular weight excluding hydrogens is 156 g/mol. The zero-order chi connectivity index (χ0) is 8.97. The van der Waals surface area contributed by atoms with E-state index in [2.05, 4.69) is 5.32 Å². The molecule has 0 aromatic heterocycles. The highest BCUT2D eigenvalue weighted by Crippen LogP contribution is 2.27. The predicted molar refractivity (Wildman–Crippen MR) is 45.6 cm³/mol. The van der Waals surface area contributed by atoms with Crippen molar-refractivity contribution >= 4 is 5.91 Å². The molecule has 0 aromatic rings. The molecule has 1 fully saturated rings. The van der Waals surface area contributed by atoms with Crippen LogP contribution in [-0.2, 0) is 9.53 Å². The monoisotopic (exact) mass is 172 g/mol. The van der Waals surface area contributed by atoms with E-state index in [-0.39, 0.29) is 17.9 Å². The Hall–Kier alpha value is -0.610. The molecule has 0 heterocycles. The smallest absolute Gasteiger partial charge is 0.224 e. The van der Waals surface area contributed by atoms with Gasteiger partial charge < -0.3 is 15.8 Å². The van der Waals surface area contributed by atoms with Crippen LogP contribution < -0.4 is 11.1 Å². The van der Waals surface area contributed by atoms with Gasteiger partial charge in [0.05, 0.1) is 12.5 Å². The average Bonchev–Trinajstić information content (AvgIpc) is 2.76. The first-order valence-electron chi connectivity index (χ1n) is 4.36. The summed E-state index contributed by atoms with van der Waals surface area (Å²) in [6, 6.07) is 0.0945. The Labute approximate surface area is 72.5 Å². The third-order valence-electron chi connectivity index (χ3n) is 1.93. The van der Waals surface area contributed by atoms with Crippen LogP contribution in [0.4, 0.5) is 0 Å². The fourth-order valence-corrected chi connectivity index (χ4v) is 1.04. The van der Waals surface area contributed by atoms with E-state index in [0.717, 1.165) is 6.42 Å². The van der Waals surface area contributed by atoms with E-state index in [1.807, 2.05) is 6.92 Å². The normalized spacial score (nSPS) is 26.8. The van der Waals surface area contributed by atoms with Crippen LogP contribution in [0, 0.1) is 5.92 Å². The van der Waals surface area contributed by atoms with Crippen LogP contribution >= 0.6 is 0 Å². The summed E-state index contributed by atoms with van der Waals surface area (Å²) in [4.78, 5) is 11.1. The molecule has 1 aliphatic rings. The first kappa shape index (κ1) is 9.48. The third kappa shape index (κ3) is 2.79. The number of nitrogens with two attached hydrogens (primary N) is 1. The van der Waals surface area contributed by atoms with Crippen LogP contribution in [0.25, 0.3) is 0 Å². The van der Waals surface area contributed by atoms with Crippen molar-refractivity contribution in [2.45, 2.75) is 19.4 Å². The molecule has 12 heavy (non-hydrogen) atoms. The molecule has 0 bridgehead atoms. The van der Waals surface area contributed by atoms with Crippen molar-refractivity contribution in [1.82, 2.24) is 5.32 Å². The number of amides is 1. The Morgan fingerprint density at radius 2 is 2.42 bits per heavy atom. The fourth-order valence-electron chi connectivity index (χ4n) is 1.04. The van der Waals surface area contributed by atoms with E-state index in [1.165, 1.54) is 0 Å². The summed E-state index contributed by atoms with van der Waals surface area (Å²) >= 11 is 0. The molecule has 2 atom stereocenters. The number of hydrogen-bond donors (Lipinski definition) is 2. The zero-order valence-electron chi connectivity index (χ0n) is 7.38. The van der Waals surface area contributed by atoms with Crippen molar-refractivity contribution < 1.29 is 9.53 Å². The highest BCUT2D eigenvalue weighted by molar-refractivity contribution is 5.82. The number of rotatable bonds is 5. The van der Waals surface area contributed by atoms with Crippen LogP contribution in [0.15, 0.2) is 0 Å². The lowest BCUT2D eigenvalue weighted by Crippen LogP contribution is -2.30. The van der Waals surface area contributed by atoms with Crippen molar-refractivity contribution in [2.75, 3.05) is 19.8 Å². The second-order valence-corrected chi connectivity index (χ2v) is 2.99. The minimum atomic E-state index is 0.0617. The molecule has 1 saturated carbocycles. The van der Waals surface area contributed by atoms with E-state index in [9.17, 15) is 4.79 Å². The Bertz CT molecular complexity index is 161. The molecule has 3 N–H and O–H groups in total. The van der Waals surface area contributed by atoms with Gasteiger partial charge in [-0.2, -0.15) is 0 Å². The van der Waals surface area contributed by atoms with E-state index in [1.54, 1.807) is 0 Å². The summed E-state index contributed by atoms with van der Waals surface area (Å²) in [5, 5.41) is 2.77. The summed E-state index contributed by atoms with van der Waals surface area (Å²) in [5.74, 6) is 0.133. The van der Waals surface area contributed by atoms with Crippen molar-refractivity contribution in [3.63, 3.8) is 0 Å². The number of carbonyl (C=O) groups is 1. The van der Waals surface area contributed by atoms with Crippen LogP contribution in [0.5, 0.6) is 0 Å². The van der Waals surface area contributed by atoms with Gasteiger partial charge in [-0.1, -0.05) is 0 Å². The molecule has 1 amide bonds. The largest absolute Gasteiger partial charge is 0.380 e. The van der Waals surface area contributed by atoms with Gasteiger partial charge in [0.2, 0.25) is 5.91 Å². The molecule has 70 valence electrons. The third-order valence-corrected chi connectivity index (χ3v) is 1.93. The van der Waals surface area contributed by atoms with Crippen molar-refractivity contribution in [3.8, 4) is 0 Å². The van der Waals surface area contributed by atoms with E-state index < -0.39 is 0 Å². The zero-order valence-corrected chi connectivity index (χ0v) is 7.38. The molecule has 4 heteroatoms. The second-order valence-electron chi connectivity index (χ2n) is 2.99. The highest BCUT2D eigenvalue weighted by atomic mass is 16.5. The van der Waals surface area contributed by atoms with Gasteiger partial charge >= 0.3 is 0 Å². The van der Waals surface area contributed by atoms with Gasteiger partial charge in [0.1, 0.15) is 0 Å². The molecule has 0 spiro atoms. The number of carbonyl (C=O) groups excluding carboxylic acids is 1. The van der Waals surface area contributed by atoms with E-state index in [0.29, 0.717) is 19.8 Å². The van der Waals surface area contributed by atoms with Crippen LogP contribution in [0.2, 0.25) is 0 Å². The SMILES string of the molecule is CCOCCNC(=O)C1CC1N. The summed E-state index contributed by atoms with van der Waals surface area (Å²) < 4.78 is 5.06. The van der Waals surface area contributed by atoms with Gasteiger partial charge in [0.15, 0.2) is 0 Å². The molecule has 0 saturated heterocycles. The molecule has 0 radical (unpaired) electrons. The first-order valence-corrected chi connectivity index (χ1v) is 4.36. The van der Waals surface area contributed by atoms with E-state index in [4.69, 9.17) is 10.5 Å². The van der Waals surface area contributed by atoms with Gasteiger partial charge in [-0.05, 0) is 13.3 Å². The molecule has 4 nitrogen and oxygen atoms in total. The second kappa shape index (κ2) is 4.42. The summed E-state index contributed by atoms with van der Waals surface area (Å²) in [6.45, 7) is 3.80. The van der Waals surface area contributed by atoms with Gasteiger partial charge in [0, 0.05) is 19.2 Å². The average molecular weight is 172 g/mol. The van der Waals surface area contributed by atoms with Crippen molar-refractivity contribution in [1.29, 1.82) is 0 Å². The van der Waals surface area contributed by atoms with Crippen molar-refractivity contribution in [3.05, 3.63) is 0 Å². The minimum absolute atomic E-state index is 0.0617. The molecule has 0 aromatic carbocycles. The quantitative estimate of drug-likeness (QED) is 0.549. The Balaban J connectivity index is 1.96. The standard InChI is InChI=1S/C8H16N2O2/c1-2-12-4-3-10-8(11)6-5-7(6)9/h6-7H,2-5,9H2,1H3,(H,10,11). The summed E-state index contributed by atoms with van der Waals surface area (Å²) in [5.41, 5.74) is 5.51. The summed E-state index contributed by atoms with van der Waals surface area (Å²) in [6.07, 6.45) is 0.834. The Morgan fingerprint density at radius 3 is 2.92 bits per heavy atom.